The molecular formula is C16H19N3O2. The Bertz CT molecular complexity index is 687. The van der Waals surface area contributed by atoms with Gasteiger partial charge in [0, 0.05) is 24.3 Å². The Morgan fingerprint density at radius 3 is 2.29 bits per heavy atom. The number of fused-ring (bicyclic) bond motifs is 1. The van der Waals surface area contributed by atoms with Crippen LogP contribution in [0, 0.1) is 6.92 Å². The summed E-state index contributed by atoms with van der Waals surface area (Å²) in [6, 6.07) is 8.34. The van der Waals surface area contributed by atoms with Gasteiger partial charge in [-0.1, -0.05) is 24.3 Å². The van der Waals surface area contributed by atoms with E-state index in [0.29, 0.717) is 5.56 Å². The molecule has 0 radical (unpaired) electrons. The van der Waals surface area contributed by atoms with Gasteiger partial charge in [-0.3, -0.25) is 14.7 Å². The summed E-state index contributed by atoms with van der Waals surface area (Å²) in [7, 11) is 0. The summed E-state index contributed by atoms with van der Waals surface area (Å²) in [6.45, 7) is 3.24. The highest BCUT2D eigenvalue weighted by Crippen LogP contribution is 2.16. The first-order valence-corrected chi connectivity index (χ1v) is 7.26. The molecule has 1 aromatic carbocycles. The molecule has 2 aromatic rings. The third-order valence-electron chi connectivity index (χ3n) is 4.19. The van der Waals surface area contributed by atoms with Gasteiger partial charge < -0.3 is 10.00 Å². The molecule has 1 amide bonds. The number of amides is 1. The van der Waals surface area contributed by atoms with E-state index in [2.05, 4.69) is 22.3 Å². The molecule has 0 fully saturated rings. The van der Waals surface area contributed by atoms with Crippen LogP contribution in [0.2, 0.25) is 0 Å². The summed E-state index contributed by atoms with van der Waals surface area (Å²) in [6.07, 6.45) is 1.93. The monoisotopic (exact) mass is 285 g/mol. The van der Waals surface area contributed by atoms with Gasteiger partial charge in [0.1, 0.15) is 0 Å². The van der Waals surface area contributed by atoms with E-state index in [9.17, 15) is 9.59 Å². The Morgan fingerprint density at radius 2 is 1.76 bits per heavy atom. The minimum atomic E-state index is -0.195. The number of H-pyrrole nitrogens is 2. The van der Waals surface area contributed by atoms with Crippen LogP contribution in [0.4, 0.5) is 0 Å². The van der Waals surface area contributed by atoms with E-state index in [1.54, 1.807) is 6.92 Å². The van der Waals surface area contributed by atoms with Crippen molar-refractivity contribution in [1.82, 2.24) is 15.1 Å². The lowest BCUT2D eigenvalue weighted by molar-refractivity contribution is -0.130. The van der Waals surface area contributed by atoms with Gasteiger partial charge in [-0.2, -0.15) is 0 Å². The van der Waals surface area contributed by atoms with E-state index in [4.69, 9.17) is 0 Å². The predicted molar refractivity (Wildman–Crippen MR) is 80.3 cm³/mol. The van der Waals surface area contributed by atoms with Gasteiger partial charge in [0.2, 0.25) is 5.91 Å². The molecule has 2 heterocycles. The Kier molecular flexibility index (Phi) is 3.64. The minimum Gasteiger partial charge on any atom is -0.342 e. The van der Waals surface area contributed by atoms with E-state index in [0.717, 1.165) is 31.6 Å². The van der Waals surface area contributed by atoms with Crippen molar-refractivity contribution in [3.8, 4) is 0 Å². The van der Waals surface area contributed by atoms with E-state index in [-0.39, 0.29) is 17.9 Å². The fourth-order valence-corrected chi connectivity index (χ4v) is 2.86. The lowest BCUT2D eigenvalue weighted by Crippen LogP contribution is -2.35. The molecule has 0 atom stereocenters. The van der Waals surface area contributed by atoms with Crippen LogP contribution < -0.4 is 5.56 Å². The first kappa shape index (κ1) is 13.7. The number of aryl methyl sites for hydroxylation is 1. The van der Waals surface area contributed by atoms with Crippen molar-refractivity contribution in [2.24, 2.45) is 0 Å². The van der Waals surface area contributed by atoms with Crippen LogP contribution in [0.5, 0.6) is 0 Å². The zero-order valence-corrected chi connectivity index (χ0v) is 12.1. The number of rotatable bonds is 2. The zero-order chi connectivity index (χ0) is 14.8. The number of aromatic amines is 2. The van der Waals surface area contributed by atoms with Crippen molar-refractivity contribution in [2.45, 2.75) is 26.2 Å². The molecule has 1 aliphatic heterocycles. The van der Waals surface area contributed by atoms with Gasteiger partial charge >= 0.3 is 0 Å². The number of aromatic nitrogens is 2. The highest BCUT2D eigenvalue weighted by Gasteiger charge is 2.20. The van der Waals surface area contributed by atoms with E-state index in [1.165, 1.54) is 11.1 Å². The average Bonchev–Trinajstić information content (AvgIpc) is 2.70. The van der Waals surface area contributed by atoms with Gasteiger partial charge in [0.05, 0.1) is 6.42 Å². The van der Waals surface area contributed by atoms with Crippen molar-refractivity contribution in [3.63, 3.8) is 0 Å². The summed E-state index contributed by atoms with van der Waals surface area (Å²) in [5.74, 6) is 0.0241. The third kappa shape index (κ3) is 2.77. The van der Waals surface area contributed by atoms with E-state index in [1.807, 2.05) is 17.0 Å². The summed E-state index contributed by atoms with van der Waals surface area (Å²) in [5.41, 5.74) is 3.74. The van der Waals surface area contributed by atoms with Crippen LogP contribution in [0.1, 0.15) is 22.4 Å². The number of nitrogens with zero attached hydrogens (tertiary/aromatic N) is 1. The zero-order valence-electron chi connectivity index (χ0n) is 12.1. The van der Waals surface area contributed by atoms with Crippen LogP contribution in [-0.4, -0.2) is 34.1 Å². The van der Waals surface area contributed by atoms with Crippen molar-refractivity contribution < 1.29 is 4.79 Å². The number of carbonyl (C=O) groups excluding carboxylic acids is 1. The summed E-state index contributed by atoms with van der Waals surface area (Å²) < 4.78 is 0. The van der Waals surface area contributed by atoms with Gasteiger partial charge in [0.15, 0.2) is 0 Å². The number of nitrogens with one attached hydrogen (secondary N) is 2. The standard InChI is InChI=1S/C16H19N3O2/c1-11-14(16(21)18-17-11)10-15(20)19-8-6-12-4-2-3-5-13(12)7-9-19/h2-5H,6-10H2,1H3,(H2,17,18,21). The van der Waals surface area contributed by atoms with Crippen molar-refractivity contribution in [1.29, 1.82) is 0 Å². The smallest absolute Gasteiger partial charge is 0.267 e. The molecule has 0 spiro atoms. The number of hydrogen-bond donors (Lipinski definition) is 2. The lowest BCUT2D eigenvalue weighted by atomic mass is 10.0. The van der Waals surface area contributed by atoms with Crippen LogP contribution in [0.15, 0.2) is 29.1 Å². The minimum absolute atomic E-state index is 0.0241. The quantitative estimate of drug-likeness (QED) is 0.870. The second-order valence-corrected chi connectivity index (χ2v) is 5.51. The Hall–Kier alpha value is -2.30. The molecule has 0 saturated carbocycles. The molecule has 110 valence electrons. The molecule has 0 unspecified atom stereocenters. The van der Waals surface area contributed by atoms with Crippen molar-refractivity contribution in [3.05, 3.63) is 57.0 Å². The topological polar surface area (TPSA) is 69.0 Å². The largest absolute Gasteiger partial charge is 0.342 e. The normalized spacial score (nSPS) is 14.6. The lowest BCUT2D eigenvalue weighted by Gasteiger charge is -2.20. The van der Waals surface area contributed by atoms with Crippen LogP contribution >= 0.6 is 0 Å². The maximum absolute atomic E-state index is 12.4. The molecule has 2 N–H and O–H groups in total. The number of hydrogen-bond acceptors (Lipinski definition) is 2. The van der Waals surface area contributed by atoms with Gasteiger partial charge in [-0.15, -0.1) is 0 Å². The Balaban J connectivity index is 1.71. The van der Waals surface area contributed by atoms with Crippen LogP contribution in [0.3, 0.4) is 0 Å². The highest BCUT2D eigenvalue weighted by molar-refractivity contribution is 5.79. The Morgan fingerprint density at radius 1 is 1.14 bits per heavy atom. The van der Waals surface area contributed by atoms with Crippen LogP contribution in [-0.2, 0) is 24.1 Å². The highest BCUT2D eigenvalue weighted by atomic mass is 16.2. The second kappa shape index (κ2) is 5.60. The SMILES string of the molecule is Cc1[nH][nH]c(=O)c1CC(=O)N1CCc2ccccc2CC1. The van der Waals surface area contributed by atoms with Crippen molar-refractivity contribution in [2.75, 3.05) is 13.1 Å². The number of carbonyl (C=O) groups is 1. The van der Waals surface area contributed by atoms with Gasteiger partial charge in [0.25, 0.3) is 5.56 Å². The molecule has 21 heavy (non-hydrogen) atoms. The molecule has 3 rings (SSSR count). The number of benzene rings is 1. The Labute approximate surface area is 123 Å². The van der Waals surface area contributed by atoms with Gasteiger partial charge in [-0.25, -0.2) is 0 Å². The van der Waals surface area contributed by atoms with E-state index < -0.39 is 0 Å². The van der Waals surface area contributed by atoms with E-state index >= 15 is 0 Å². The maximum Gasteiger partial charge on any atom is 0.267 e. The molecule has 0 saturated heterocycles. The van der Waals surface area contributed by atoms with Crippen molar-refractivity contribution >= 4 is 5.91 Å². The second-order valence-electron chi connectivity index (χ2n) is 5.51. The molecule has 5 nitrogen and oxygen atoms in total. The van der Waals surface area contributed by atoms with Gasteiger partial charge in [-0.05, 0) is 30.9 Å². The predicted octanol–water partition coefficient (Wildman–Crippen LogP) is 1.18. The molecule has 5 heteroatoms. The fourth-order valence-electron chi connectivity index (χ4n) is 2.86. The molecule has 0 aliphatic carbocycles. The van der Waals surface area contributed by atoms with Crippen LogP contribution in [0.25, 0.3) is 0 Å². The molecule has 0 bridgehead atoms. The average molecular weight is 285 g/mol. The molecule has 1 aliphatic rings. The fraction of sp³-hybridized carbons (Fsp3) is 0.375. The summed E-state index contributed by atoms with van der Waals surface area (Å²) in [4.78, 5) is 25.9. The molecular weight excluding hydrogens is 266 g/mol. The molecule has 1 aromatic heterocycles. The third-order valence-corrected chi connectivity index (χ3v) is 4.19. The summed E-state index contributed by atoms with van der Waals surface area (Å²) >= 11 is 0. The first-order valence-electron chi connectivity index (χ1n) is 7.26. The maximum atomic E-state index is 12.4. The summed E-state index contributed by atoms with van der Waals surface area (Å²) in [5, 5.41) is 5.28. The first-order chi connectivity index (χ1) is 10.1.